The van der Waals surface area contributed by atoms with Crippen LogP contribution >= 0.6 is 11.8 Å². The molecule has 0 amide bonds. The van der Waals surface area contributed by atoms with E-state index in [4.69, 9.17) is 4.42 Å². The van der Waals surface area contributed by atoms with Crippen molar-refractivity contribution >= 4 is 11.8 Å². The fourth-order valence-electron chi connectivity index (χ4n) is 2.06. The third-order valence-electron chi connectivity index (χ3n) is 3.27. The van der Waals surface area contributed by atoms with E-state index in [9.17, 15) is 4.79 Å². The van der Waals surface area contributed by atoms with Crippen molar-refractivity contribution in [2.75, 3.05) is 0 Å². The summed E-state index contributed by atoms with van der Waals surface area (Å²) >= 11 is 1.40. The molecule has 23 heavy (non-hydrogen) atoms. The molecule has 0 fully saturated rings. The molecular weight excluding hydrogens is 314 g/mol. The molecule has 120 valence electrons. The van der Waals surface area contributed by atoms with Gasteiger partial charge >= 0.3 is 5.69 Å². The number of aromatic amines is 1. The van der Waals surface area contributed by atoms with Gasteiger partial charge in [-0.3, -0.25) is 4.57 Å². The predicted molar refractivity (Wildman–Crippen MR) is 87.1 cm³/mol. The Labute approximate surface area is 137 Å². The first-order valence-electron chi connectivity index (χ1n) is 7.43. The molecule has 0 radical (unpaired) electrons. The number of rotatable bonds is 7. The zero-order valence-corrected chi connectivity index (χ0v) is 13.5. The number of aromatic nitrogens is 5. The summed E-state index contributed by atoms with van der Waals surface area (Å²) in [4.78, 5) is 11.7. The maximum Gasteiger partial charge on any atom is 0.343 e. The van der Waals surface area contributed by atoms with Crippen LogP contribution in [0.15, 0.2) is 44.7 Å². The number of unbranched alkanes of at least 4 members (excludes halogenated alkanes) is 1. The number of nitrogens with one attached hydrogen (secondary N) is 1. The molecule has 3 rings (SSSR count). The molecular formula is C15H17N5O2S. The van der Waals surface area contributed by atoms with E-state index in [0.717, 1.165) is 18.4 Å². The third kappa shape index (κ3) is 3.70. The van der Waals surface area contributed by atoms with Gasteiger partial charge in [0, 0.05) is 12.1 Å². The lowest BCUT2D eigenvalue weighted by molar-refractivity contribution is 0.527. The molecule has 0 unspecified atom stereocenters. The average molecular weight is 331 g/mol. The minimum atomic E-state index is -0.184. The highest BCUT2D eigenvalue weighted by atomic mass is 32.2. The van der Waals surface area contributed by atoms with Crippen LogP contribution in [-0.4, -0.2) is 25.0 Å². The van der Waals surface area contributed by atoms with Gasteiger partial charge in [0.15, 0.2) is 5.16 Å². The van der Waals surface area contributed by atoms with E-state index in [2.05, 4.69) is 27.3 Å². The Kier molecular flexibility index (Phi) is 4.92. The van der Waals surface area contributed by atoms with Crippen LogP contribution in [0.5, 0.6) is 0 Å². The van der Waals surface area contributed by atoms with Gasteiger partial charge in [0.1, 0.15) is 0 Å². The smallest absolute Gasteiger partial charge is 0.343 e. The Balaban J connectivity index is 1.68. The predicted octanol–water partition coefficient (Wildman–Crippen LogP) is 2.71. The first-order chi connectivity index (χ1) is 11.3. The van der Waals surface area contributed by atoms with E-state index in [0.29, 0.717) is 29.2 Å². The number of thioether (sulfide) groups is 1. The Morgan fingerprint density at radius 1 is 1.26 bits per heavy atom. The number of nitrogens with zero attached hydrogens (tertiary/aromatic N) is 4. The highest BCUT2D eigenvalue weighted by molar-refractivity contribution is 7.98. The molecule has 1 aromatic carbocycles. The van der Waals surface area contributed by atoms with Gasteiger partial charge in [-0.05, 0) is 18.6 Å². The number of hydrogen-bond donors (Lipinski definition) is 1. The molecule has 8 heteroatoms. The SMILES string of the molecule is CCCCn1c(SCc2nnc(-c3ccccc3)o2)n[nH]c1=O. The molecule has 2 heterocycles. The second kappa shape index (κ2) is 7.28. The van der Waals surface area contributed by atoms with Crippen LogP contribution in [0.2, 0.25) is 0 Å². The van der Waals surface area contributed by atoms with Crippen LogP contribution in [-0.2, 0) is 12.3 Å². The normalized spacial score (nSPS) is 11.0. The lowest BCUT2D eigenvalue weighted by Gasteiger charge is -2.02. The van der Waals surface area contributed by atoms with Gasteiger partial charge in [0.2, 0.25) is 11.8 Å². The van der Waals surface area contributed by atoms with E-state index in [1.165, 1.54) is 11.8 Å². The zero-order chi connectivity index (χ0) is 16.1. The van der Waals surface area contributed by atoms with E-state index in [1.807, 2.05) is 30.3 Å². The summed E-state index contributed by atoms with van der Waals surface area (Å²) in [5, 5.41) is 15.3. The van der Waals surface area contributed by atoms with Crippen LogP contribution < -0.4 is 5.69 Å². The Morgan fingerprint density at radius 3 is 2.87 bits per heavy atom. The van der Waals surface area contributed by atoms with Crippen molar-refractivity contribution in [3.8, 4) is 11.5 Å². The third-order valence-corrected chi connectivity index (χ3v) is 4.23. The van der Waals surface area contributed by atoms with E-state index >= 15 is 0 Å². The van der Waals surface area contributed by atoms with Crippen molar-refractivity contribution in [1.29, 1.82) is 0 Å². The minimum Gasteiger partial charge on any atom is -0.420 e. The number of H-pyrrole nitrogens is 1. The van der Waals surface area contributed by atoms with Crippen LogP contribution in [0, 0.1) is 0 Å². The van der Waals surface area contributed by atoms with Gasteiger partial charge in [0.25, 0.3) is 0 Å². The van der Waals surface area contributed by atoms with Crippen molar-refractivity contribution in [3.05, 3.63) is 46.7 Å². The summed E-state index contributed by atoms with van der Waals surface area (Å²) in [7, 11) is 0. The standard InChI is InChI=1S/C15H17N5O2S/c1-2-3-9-20-14(21)18-19-15(20)23-10-12-16-17-13(22-12)11-7-5-4-6-8-11/h4-8H,2-3,9-10H2,1H3,(H,18,21). The molecule has 0 bridgehead atoms. The maximum atomic E-state index is 11.7. The van der Waals surface area contributed by atoms with Crippen molar-refractivity contribution in [1.82, 2.24) is 25.0 Å². The molecule has 2 aromatic heterocycles. The second-order valence-electron chi connectivity index (χ2n) is 4.97. The Bertz CT molecular complexity index is 809. The monoisotopic (exact) mass is 331 g/mol. The molecule has 0 saturated carbocycles. The molecule has 0 aliphatic rings. The molecule has 3 aromatic rings. The quantitative estimate of drug-likeness (QED) is 0.670. The summed E-state index contributed by atoms with van der Waals surface area (Å²) in [5.41, 5.74) is 0.701. The zero-order valence-electron chi connectivity index (χ0n) is 12.7. The van der Waals surface area contributed by atoms with Gasteiger partial charge in [-0.1, -0.05) is 43.3 Å². The number of hydrogen-bond acceptors (Lipinski definition) is 6. The Hall–Kier alpha value is -2.35. The molecule has 0 spiro atoms. The van der Waals surface area contributed by atoms with Crippen molar-refractivity contribution < 1.29 is 4.42 Å². The van der Waals surface area contributed by atoms with Gasteiger partial charge in [-0.15, -0.1) is 15.3 Å². The van der Waals surface area contributed by atoms with Crippen molar-refractivity contribution in [2.24, 2.45) is 0 Å². The summed E-state index contributed by atoms with van der Waals surface area (Å²) in [5.74, 6) is 1.47. The Morgan fingerprint density at radius 2 is 2.09 bits per heavy atom. The summed E-state index contributed by atoms with van der Waals surface area (Å²) in [6.07, 6.45) is 1.96. The van der Waals surface area contributed by atoms with E-state index < -0.39 is 0 Å². The topological polar surface area (TPSA) is 89.6 Å². The lowest BCUT2D eigenvalue weighted by Crippen LogP contribution is -2.17. The molecule has 0 atom stereocenters. The van der Waals surface area contributed by atoms with E-state index in [-0.39, 0.29) is 5.69 Å². The largest absolute Gasteiger partial charge is 0.420 e. The highest BCUT2D eigenvalue weighted by Crippen LogP contribution is 2.22. The van der Waals surface area contributed by atoms with E-state index in [1.54, 1.807) is 4.57 Å². The average Bonchev–Trinajstić information content (AvgIpc) is 3.19. The van der Waals surface area contributed by atoms with Gasteiger partial charge < -0.3 is 4.42 Å². The molecule has 0 aliphatic carbocycles. The fourth-order valence-corrected chi connectivity index (χ4v) is 2.87. The number of benzene rings is 1. The highest BCUT2D eigenvalue weighted by Gasteiger charge is 2.12. The molecule has 1 N–H and O–H groups in total. The lowest BCUT2D eigenvalue weighted by atomic mass is 10.2. The first-order valence-corrected chi connectivity index (χ1v) is 8.42. The van der Waals surface area contributed by atoms with Gasteiger partial charge in [-0.2, -0.15) is 0 Å². The molecule has 0 aliphatic heterocycles. The summed E-state index contributed by atoms with van der Waals surface area (Å²) in [6, 6.07) is 9.61. The second-order valence-corrected chi connectivity index (χ2v) is 5.91. The van der Waals surface area contributed by atoms with Crippen molar-refractivity contribution in [3.63, 3.8) is 0 Å². The molecule has 7 nitrogen and oxygen atoms in total. The first kappa shape index (κ1) is 15.5. The van der Waals surface area contributed by atoms with Gasteiger partial charge in [-0.25, -0.2) is 9.89 Å². The fraction of sp³-hybridized carbons (Fsp3) is 0.333. The minimum absolute atomic E-state index is 0.184. The van der Waals surface area contributed by atoms with Gasteiger partial charge in [0.05, 0.1) is 5.75 Å². The van der Waals surface area contributed by atoms with Crippen molar-refractivity contribution in [2.45, 2.75) is 37.2 Å². The van der Waals surface area contributed by atoms with Crippen LogP contribution in [0.1, 0.15) is 25.7 Å². The molecule has 0 saturated heterocycles. The summed E-state index contributed by atoms with van der Waals surface area (Å²) < 4.78 is 7.29. The van der Waals surface area contributed by atoms with Crippen LogP contribution in [0.3, 0.4) is 0 Å². The van der Waals surface area contributed by atoms with Crippen LogP contribution in [0.4, 0.5) is 0 Å². The van der Waals surface area contributed by atoms with Crippen LogP contribution in [0.25, 0.3) is 11.5 Å². The maximum absolute atomic E-state index is 11.7. The summed E-state index contributed by atoms with van der Waals surface area (Å²) in [6.45, 7) is 2.74.